The summed E-state index contributed by atoms with van der Waals surface area (Å²) in [5, 5.41) is 11.3. The van der Waals surface area contributed by atoms with Gasteiger partial charge in [0.25, 0.3) is 5.91 Å². The summed E-state index contributed by atoms with van der Waals surface area (Å²) < 4.78 is 0. The molecule has 0 aliphatic carbocycles. The molecule has 1 aromatic heterocycles. The Kier molecular flexibility index (Phi) is 3.93. The molecule has 0 aliphatic rings. The van der Waals surface area contributed by atoms with Crippen LogP contribution in [0.25, 0.3) is 0 Å². The zero-order valence-corrected chi connectivity index (χ0v) is 9.04. The van der Waals surface area contributed by atoms with Crippen LogP contribution in [0.1, 0.15) is 24.3 Å². The van der Waals surface area contributed by atoms with Crippen molar-refractivity contribution in [3.05, 3.63) is 24.3 Å². The molecule has 6 nitrogen and oxygen atoms in total. The van der Waals surface area contributed by atoms with Crippen molar-refractivity contribution in [1.82, 2.24) is 15.3 Å². The van der Waals surface area contributed by atoms with Gasteiger partial charge in [-0.1, -0.05) is 13.8 Å². The van der Waals surface area contributed by atoms with E-state index in [0.717, 1.165) is 0 Å². The molecule has 0 saturated heterocycles. The Morgan fingerprint density at radius 2 is 2.06 bits per heavy atom. The molecule has 1 heterocycles. The van der Waals surface area contributed by atoms with Gasteiger partial charge in [0, 0.05) is 12.4 Å². The van der Waals surface area contributed by atoms with E-state index in [1.165, 1.54) is 18.6 Å². The maximum atomic E-state index is 11.6. The number of hydrogen-bond acceptors (Lipinski definition) is 4. The van der Waals surface area contributed by atoms with Crippen LogP contribution in [0.3, 0.4) is 0 Å². The first-order valence-corrected chi connectivity index (χ1v) is 4.82. The number of carboxylic acids is 1. The molecular weight excluding hydrogens is 210 g/mol. The van der Waals surface area contributed by atoms with Crippen LogP contribution in [0, 0.1) is 5.92 Å². The van der Waals surface area contributed by atoms with E-state index in [0.29, 0.717) is 0 Å². The summed E-state index contributed by atoms with van der Waals surface area (Å²) in [4.78, 5) is 30.0. The van der Waals surface area contributed by atoms with Crippen molar-refractivity contribution >= 4 is 11.9 Å². The van der Waals surface area contributed by atoms with E-state index in [1.54, 1.807) is 13.8 Å². The highest BCUT2D eigenvalue weighted by atomic mass is 16.4. The Bertz CT molecular complexity index is 378. The van der Waals surface area contributed by atoms with Crippen molar-refractivity contribution in [2.45, 2.75) is 19.9 Å². The number of aliphatic carboxylic acids is 1. The second kappa shape index (κ2) is 5.20. The zero-order chi connectivity index (χ0) is 12.1. The Labute approximate surface area is 92.7 Å². The van der Waals surface area contributed by atoms with E-state index < -0.39 is 17.9 Å². The SMILES string of the molecule is CC(C)[C@@H](NC(=O)c1cnccn1)C(=O)O. The largest absolute Gasteiger partial charge is 0.480 e. The third-order valence-corrected chi connectivity index (χ3v) is 2.02. The van der Waals surface area contributed by atoms with Crippen LogP contribution in [0.2, 0.25) is 0 Å². The number of carbonyl (C=O) groups excluding carboxylic acids is 1. The fourth-order valence-electron chi connectivity index (χ4n) is 1.15. The Morgan fingerprint density at radius 3 is 2.50 bits per heavy atom. The fraction of sp³-hybridized carbons (Fsp3) is 0.400. The van der Waals surface area contributed by atoms with Gasteiger partial charge in [0.1, 0.15) is 11.7 Å². The molecule has 1 amide bonds. The first-order chi connectivity index (χ1) is 7.52. The topological polar surface area (TPSA) is 92.2 Å². The monoisotopic (exact) mass is 223 g/mol. The molecule has 1 aromatic rings. The highest BCUT2D eigenvalue weighted by Gasteiger charge is 2.24. The summed E-state index contributed by atoms with van der Waals surface area (Å²) in [6.07, 6.45) is 4.10. The molecule has 0 fully saturated rings. The molecule has 6 heteroatoms. The van der Waals surface area contributed by atoms with Crippen molar-refractivity contribution in [2.75, 3.05) is 0 Å². The molecule has 0 saturated carbocycles. The number of nitrogens with zero attached hydrogens (tertiary/aromatic N) is 2. The molecular formula is C10H13N3O3. The van der Waals surface area contributed by atoms with Gasteiger partial charge in [0.15, 0.2) is 0 Å². The van der Waals surface area contributed by atoms with E-state index in [4.69, 9.17) is 5.11 Å². The lowest BCUT2D eigenvalue weighted by molar-refractivity contribution is -0.140. The lowest BCUT2D eigenvalue weighted by Crippen LogP contribution is -2.44. The molecule has 1 atom stereocenters. The van der Waals surface area contributed by atoms with Gasteiger partial charge in [-0.05, 0) is 5.92 Å². The number of aromatic nitrogens is 2. The van der Waals surface area contributed by atoms with Gasteiger partial charge in [-0.2, -0.15) is 0 Å². The highest BCUT2D eigenvalue weighted by Crippen LogP contribution is 2.03. The van der Waals surface area contributed by atoms with E-state index in [1.807, 2.05) is 0 Å². The zero-order valence-electron chi connectivity index (χ0n) is 9.04. The summed E-state index contributed by atoms with van der Waals surface area (Å²) in [6, 6.07) is -0.922. The normalized spacial score (nSPS) is 12.2. The van der Waals surface area contributed by atoms with Gasteiger partial charge >= 0.3 is 5.97 Å². The molecule has 0 bridgehead atoms. The molecule has 0 unspecified atom stereocenters. The van der Waals surface area contributed by atoms with Gasteiger partial charge in [-0.15, -0.1) is 0 Å². The lowest BCUT2D eigenvalue weighted by Gasteiger charge is -2.17. The number of carboxylic acid groups (broad SMARTS) is 1. The minimum absolute atomic E-state index is 0.106. The summed E-state index contributed by atoms with van der Waals surface area (Å²) in [6.45, 7) is 3.44. The fourth-order valence-corrected chi connectivity index (χ4v) is 1.15. The summed E-state index contributed by atoms with van der Waals surface area (Å²) >= 11 is 0. The molecule has 1 rings (SSSR count). The van der Waals surface area contributed by atoms with Gasteiger partial charge in [-0.3, -0.25) is 9.78 Å². The third-order valence-electron chi connectivity index (χ3n) is 2.02. The van der Waals surface area contributed by atoms with Crippen LogP contribution in [-0.2, 0) is 4.79 Å². The number of nitrogens with one attached hydrogen (secondary N) is 1. The number of amides is 1. The molecule has 2 N–H and O–H groups in total. The molecule has 0 aromatic carbocycles. The molecule has 0 aliphatic heterocycles. The van der Waals surface area contributed by atoms with Gasteiger partial charge < -0.3 is 10.4 Å². The van der Waals surface area contributed by atoms with E-state index >= 15 is 0 Å². The maximum Gasteiger partial charge on any atom is 0.326 e. The Balaban J connectivity index is 2.74. The lowest BCUT2D eigenvalue weighted by atomic mass is 10.0. The van der Waals surface area contributed by atoms with Crippen molar-refractivity contribution < 1.29 is 14.7 Å². The second-order valence-electron chi connectivity index (χ2n) is 3.62. The summed E-state index contributed by atoms with van der Waals surface area (Å²) in [5.41, 5.74) is 0.106. The predicted octanol–water partition coefficient (Wildman–Crippen LogP) is 0.316. The molecule has 0 spiro atoms. The minimum atomic E-state index is -1.06. The average Bonchev–Trinajstić information content (AvgIpc) is 2.25. The smallest absolute Gasteiger partial charge is 0.326 e. The van der Waals surface area contributed by atoms with Crippen molar-refractivity contribution in [3.63, 3.8) is 0 Å². The summed E-state index contributed by atoms with van der Waals surface area (Å²) in [5.74, 6) is -1.79. The van der Waals surface area contributed by atoms with Crippen LogP contribution in [-0.4, -0.2) is 33.0 Å². The standard InChI is InChI=1S/C10H13N3O3/c1-6(2)8(10(15)16)13-9(14)7-5-11-3-4-12-7/h3-6,8H,1-2H3,(H,13,14)(H,15,16)/t8-/m1/s1. The van der Waals surface area contributed by atoms with Crippen molar-refractivity contribution in [1.29, 1.82) is 0 Å². The van der Waals surface area contributed by atoms with Crippen molar-refractivity contribution in [2.24, 2.45) is 5.92 Å². The molecule has 16 heavy (non-hydrogen) atoms. The molecule has 86 valence electrons. The van der Waals surface area contributed by atoms with Gasteiger partial charge in [0.2, 0.25) is 0 Å². The van der Waals surface area contributed by atoms with Gasteiger partial charge in [-0.25, -0.2) is 9.78 Å². The van der Waals surface area contributed by atoms with E-state index in [9.17, 15) is 9.59 Å². The molecule has 0 radical (unpaired) electrons. The van der Waals surface area contributed by atoms with Gasteiger partial charge in [0.05, 0.1) is 6.20 Å². The van der Waals surface area contributed by atoms with Crippen LogP contribution in [0.5, 0.6) is 0 Å². The van der Waals surface area contributed by atoms with Crippen LogP contribution < -0.4 is 5.32 Å². The first kappa shape index (κ1) is 12.1. The highest BCUT2D eigenvalue weighted by molar-refractivity contribution is 5.94. The Hall–Kier alpha value is -1.98. The van der Waals surface area contributed by atoms with Crippen molar-refractivity contribution in [3.8, 4) is 0 Å². The predicted molar refractivity (Wildman–Crippen MR) is 55.8 cm³/mol. The van der Waals surface area contributed by atoms with Crippen LogP contribution in [0.15, 0.2) is 18.6 Å². The van der Waals surface area contributed by atoms with Crippen LogP contribution in [0.4, 0.5) is 0 Å². The van der Waals surface area contributed by atoms with E-state index in [2.05, 4.69) is 15.3 Å². The van der Waals surface area contributed by atoms with Crippen LogP contribution >= 0.6 is 0 Å². The Morgan fingerprint density at radius 1 is 1.38 bits per heavy atom. The second-order valence-corrected chi connectivity index (χ2v) is 3.62. The minimum Gasteiger partial charge on any atom is -0.480 e. The number of rotatable bonds is 4. The number of carbonyl (C=O) groups is 2. The first-order valence-electron chi connectivity index (χ1n) is 4.82. The summed E-state index contributed by atoms with van der Waals surface area (Å²) in [7, 11) is 0. The third kappa shape index (κ3) is 3.01. The van der Waals surface area contributed by atoms with E-state index in [-0.39, 0.29) is 11.6 Å². The average molecular weight is 223 g/mol. The number of hydrogen-bond donors (Lipinski definition) is 2. The quantitative estimate of drug-likeness (QED) is 0.766. The maximum absolute atomic E-state index is 11.6.